The van der Waals surface area contributed by atoms with Gasteiger partial charge in [0.1, 0.15) is 5.82 Å². The van der Waals surface area contributed by atoms with Crippen molar-refractivity contribution in [3.8, 4) is 0 Å². The maximum atomic E-state index is 12.4. The molecule has 1 saturated heterocycles. The smallest absolute Gasteiger partial charge is 0.252 e. The molecule has 0 aliphatic carbocycles. The quantitative estimate of drug-likeness (QED) is 0.709. The number of hydrogen-bond acceptors (Lipinski definition) is 4. The van der Waals surface area contributed by atoms with Crippen molar-refractivity contribution in [3.63, 3.8) is 0 Å². The second-order valence-corrected chi connectivity index (χ2v) is 6.95. The molecule has 1 aliphatic rings. The summed E-state index contributed by atoms with van der Waals surface area (Å²) >= 11 is 6.08. The number of carbonyl (C=O) groups excluding carboxylic acids is 1. The predicted molar refractivity (Wildman–Crippen MR) is 107 cm³/mol. The maximum Gasteiger partial charge on any atom is 0.252 e. The molecule has 6 nitrogen and oxygen atoms in total. The number of amides is 1. The van der Waals surface area contributed by atoms with Crippen LogP contribution in [0.25, 0.3) is 10.9 Å². The van der Waals surface area contributed by atoms with E-state index in [4.69, 9.17) is 16.3 Å². The molecule has 1 fully saturated rings. The predicted octanol–water partition coefficient (Wildman–Crippen LogP) is 3.03. The molecule has 0 saturated carbocycles. The molecule has 1 aromatic carbocycles. The maximum absolute atomic E-state index is 12.4. The first-order chi connectivity index (χ1) is 13.2. The minimum absolute atomic E-state index is 0.117. The molecule has 1 amide bonds. The molecule has 3 heterocycles. The molecular weight excluding hydrogens is 364 g/mol. The number of benzene rings is 1. The molecule has 0 bridgehead atoms. The van der Waals surface area contributed by atoms with Crippen molar-refractivity contribution < 1.29 is 9.53 Å². The van der Waals surface area contributed by atoms with Crippen LogP contribution in [0.15, 0.2) is 42.7 Å². The largest absolute Gasteiger partial charge is 0.378 e. The van der Waals surface area contributed by atoms with Crippen molar-refractivity contribution in [1.29, 1.82) is 0 Å². The van der Waals surface area contributed by atoms with Gasteiger partial charge in [0.2, 0.25) is 0 Å². The summed E-state index contributed by atoms with van der Waals surface area (Å²) < 4.78 is 5.35. The summed E-state index contributed by atoms with van der Waals surface area (Å²) in [7, 11) is 0. The number of ether oxygens (including phenoxy) is 1. The first-order valence-corrected chi connectivity index (χ1v) is 9.41. The van der Waals surface area contributed by atoms with Gasteiger partial charge in [-0.15, -0.1) is 0 Å². The number of hydrogen-bond donors (Lipinski definition) is 2. The normalized spacial score (nSPS) is 14.5. The summed E-state index contributed by atoms with van der Waals surface area (Å²) in [5.74, 6) is 0.763. The van der Waals surface area contributed by atoms with E-state index in [1.165, 1.54) is 0 Å². The highest BCUT2D eigenvalue weighted by atomic mass is 35.5. The SMILES string of the molecule is O=C(NCCc1c[nH]c2ccc(Cl)cc12)c1ccc(N2CCOCC2)nc1. The van der Waals surface area contributed by atoms with Crippen molar-refractivity contribution in [2.75, 3.05) is 37.7 Å². The number of aromatic nitrogens is 2. The molecule has 4 rings (SSSR count). The first kappa shape index (κ1) is 17.8. The van der Waals surface area contributed by atoms with Crippen molar-refractivity contribution >= 4 is 34.2 Å². The molecule has 7 heteroatoms. The van der Waals surface area contributed by atoms with E-state index in [-0.39, 0.29) is 5.91 Å². The van der Waals surface area contributed by atoms with Crippen molar-refractivity contribution in [2.24, 2.45) is 0 Å². The number of H-pyrrole nitrogens is 1. The third-order valence-electron chi connectivity index (χ3n) is 4.75. The minimum atomic E-state index is -0.117. The molecule has 2 aromatic heterocycles. The number of rotatable bonds is 5. The molecule has 1 aliphatic heterocycles. The number of nitrogens with zero attached hydrogens (tertiary/aromatic N) is 2. The van der Waals surface area contributed by atoms with E-state index in [9.17, 15) is 4.79 Å². The molecule has 0 radical (unpaired) electrons. The van der Waals surface area contributed by atoms with Gasteiger partial charge < -0.3 is 19.9 Å². The minimum Gasteiger partial charge on any atom is -0.378 e. The van der Waals surface area contributed by atoms with E-state index < -0.39 is 0 Å². The summed E-state index contributed by atoms with van der Waals surface area (Å²) in [5, 5.41) is 4.75. The Labute approximate surface area is 162 Å². The summed E-state index contributed by atoms with van der Waals surface area (Å²) in [6, 6.07) is 9.47. The zero-order valence-electron chi connectivity index (χ0n) is 14.9. The monoisotopic (exact) mass is 384 g/mol. The second-order valence-electron chi connectivity index (χ2n) is 6.51. The van der Waals surface area contributed by atoms with Gasteiger partial charge >= 0.3 is 0 Å². The van der Waals surface area contributed by atoms with Crippen LogP contribution in [0.4, 0.5) is 5.82 Å². The Morgan fingerprint density at radius 3 is 2.89 bits per heavy atom. The molecule has 140 valence electrons. The van der Waals surface area contributed by atoms with Crippen molar-refractivity contribution in [2.45, 2.75) is 6.42 Å². The Balaban J connectivity index is 1.34. The second kappa shape index (κ2) is 7.98. The Morgan fingerprint density at radius 1 is 1.26 bits per heavy atom. The van der Waals surface area contributed by atoms with E-state index in [0.717, 1.165) is 41.8 Å². The summed E-state index contributed by atoms with van der Waals surface area (Å²) in [6.07, 6.45) is 4.32. The molecule has 0 atom stereocenters. The van der Waals surface area contributed by atoms with Crippen LogP contribution < -0.4 is 10.2 Å². The van der Waals surface area contributed by atoms with E-state index in [2.05, 4.69) is 20.2 Å². The Bertz CT molecular complexity index is 933. The number of morpholine rings is 1. The lowest BCUT2D eigenvalue weighted by molar-refractivity contribution is 0.0953. The van der Waals surface area contributed by atoms with Gasteiger partial charge in [-0.2, -0.15) is 0 Å². The highest BCUT2D eigenvalue weighted by Crippen LogP contribution is 2.22. The molecule has 0 unspecified atom stereocenters. The standard InChI is InChI=1S/C20H21ClN4O2/c21-16-2-3-18-17(11-16)14(12-23-18)5-6-22-20(26)15-1-4-19(24-13-15)25-7-9-27-10-8-25/h1-4,11-13,23H,5-10H2,(H,22,26). The van der Waals surface area contributed by atoms with Gasteiger partial charge in [-0.1, -0.05) is 11.6 Å². The lowest BCUT2D eigenvalue weighted by atomic mass is 10.1. The summed E-state index contributed by atoms with van der Waals surface area (Å²) in [5.41, 5.74) is 2.74. The van der Waals surface area contributed by atoms with E-state index in [0.29, 0.717) is 30.3 Å². The number of aromatic amines is 1. The third-order valence-corrected chi connectivity index (χ3v) is 4.99. The summed E-state index contributed by atoms with van der Waals surface area (Å²) in [6.45, 7) is 3.62. The zero-order valence-corrected chi connectivity index (χ0v) is 15.6. The summed E-state index contributed by atoms with van der Waals surface area (Å²) in [4.78, 5) is 22.2. The van der Waals surface area contributed by atoms with E-state index >= 15 is 0 Å². The lowest BCUT2D eigenvalue weighted by Gasteiger charge is -2.27. The van der Waals surface area contributed by atoms with Crippen LogP contribution >= 0.6 is 11.6 Å². The number of halogens is 1. The first-order valence-electron chi connectivity index (χ1n) is 9.03. The zero-order chi connectivity index (χ0) is 18.6. The van der Waals surface area contributed by atoms with Gasteiger partial charge in [0.25, 0.3) is 5.91 Å². The number of pyridine rings is 1. The fraction of sp³-hybridized carbons (Fsp3) is 0.300. The Kier molecular flexibility index (Phi) is 5.27. The third kappa shape index (κ3) is 4.07. The van der Waals surface area contributed by atoms with Gasteiger partial charge in [-0.3, -0.25) is 4.79 Å². The highest BCUT2D eigenvalue weighted by molar-refractivity contribution is 6.31. The molecule has 0 spiro atoms. The fourth-order valence-corrected chi connectivity index (χ4v) is 3.44. The molecule has 27 heavy (non-hydrogen) atoms. The van der Waals surface area contributed by atoms with Crippen LogP contribution in [-0.2, 0) is 11.2 Å². The van der Waals surface area contributed by atoms with E-state index in [1.807, 2.05) is 36.5 Å². The number of carbonyl (C=O) groups is 1. The van der Waals surface area contributed by atoms with Gasteiger partial charge in [-0.25, -0.2) is 4.98 Å². The molecular formula is C20H21ClN4O2. The highest BCUT2D eigenvalue weighted by Gasteiger charge is 2.13. The van der Waals surface area contributed by atoms with Crippen LogP contribution in [0.1, 0.15) is 15.9 Å². The average Bonchev–Trinajstić information content (AvgIpc) is 3.11. The van der Waals surface area contributed by atoms with Crippen LogP contribution in [0.3, 0.4) is 0 Å². The van der Waals surface area contributed by atoms with Gasteiger partial charge in [0.15, 0.2) is 0 Å². The van der Waals surface area contributed by atoms with Crippen LogP contribution in [0, 0.1) is 0 Å². The van der Waals surface area contributed by atoms with Gasteiger partial charge in [-0.05, 0) is 42.3 Å². The van der Waals surface area contributed by atoms with Crippen molar-refractivity contribution in [1.82, 2.24) is 15.3 Å². The topological polar surface area (TPSA) is 70.2 Å². The molecule has 3 aromatic rings. The fourth-order valence-electron chi connectivity index (χ4n) is 3.27. The molecule has 2 N–H and O–H groups in total. The van der Waals surface area contributed by atoms with Gasteiger partial charge in [0, 0.05) is 48.0 Å². The number of fused-ring (bicyclic) bond motifs is 1. The number of nitrogens with one attached hydrogen (secondary N) is 2. The Morgan fingerprint density at radius 2 is 2.11 bits per heavy atom. The number of anilines is 1. The van der Waals surface area contributed by atoms with E-state index in [1.54, 1.807) is 6.20 Å². The average molecular weight is 385 g/mol. The van der Waals surface area contributed by atoms with Crippen LogP contribution in [0.2, 0.25) is 5.02 Å². The van der Waals surface area contributed by atoms with Crippen molar-refractivity contribution in [3.05, 3.63) is 58.9 Å². The Hall–Kier alpha value is -2.57. The van der Waals surface area contributed by atoms with Crippen LogP contribution in [-0.4, -0.2) is 48.7 Å². The van der Waals surface area contributed by atoms with Gasteiger partial charge in [0.05, 0.1) is 18.8 Å². The lowest BCUT2D eigenvalue weighted by Crippen LogP contribution is -2.36. The van der Waals surface area contributed by atoms with Crippen LogP contribution in [0.5, 0.6) is 0 Å².